The Bertz CT molecular complexity index is 582. The molecular weight excluding hydrogens is 254 g/mol. The van der Waals surface area contributed by atoms with E-state index < -0.39 is 0 Å². The first-order valence-electron chi connectivity index (χ1n) is 7.02. The van der Waals surface area contributed by atoms with Crippen LogP contribution >= 0.6 is 0 Å². The lowest BCUT2D eigenvalue weighted by Crippen LogP contribution is -2.20. The van der Waals surface area contributed by atoms with E-state index in [4.69, 9.17) is 15.0 Å². The third kappa shape index (κ3) is 2.54. The second kappa shape index (κ2) is 5.63. The Hall–Kier alpha value is -1.88. The normalized spacial score (nSPS) is 19.2. The Morgan fingerprint density at radius 2 is 2.25 bits per heavy atom. The van der Waals surface area contributed by atoms with Crippen molar-refractivity contribution >= 4 is 0 Å². The van der Waals surface area contributed by atoms with Gasteiger partial charge in [0.05, 0.1) is 12.5 Å². The predicted molar refractivity (Wildman–Crippen MR) is 74.8 cm³/mol. The fourth-order valence-electron chi connectivity index (χ4n) is 2.48. The minimum atomic E-state index is 0.160. The molecule has 1 aromatic carbocycles. The highest BCUT2D eigenvalue weighted by Gasteiger charge is 2.26. The van der Waals surface area contributed by atoms with Gasteiger partial charge in [-0.25, -0.2) is 0 Å². The molecule has 2 unspecified atom stereocenters. The maximum Gasteiger partial charge on any atom is 0.229 e. The van der Waals surface area contributed by atoms with Gasteiger partial charge < -0.3 is 15.0 Å². The molecule has 1 aromatic heterocycles. The van der Waals surface area contributed by atoms with Crippen molar-refractivity contribution in [3.8, 4) is 5.75 Å². The first-order chi connectivity index (χ1) is 9.78. The molecule has 1 aliphatic heterocycles. The van der Waals surface area contributed by atoms with Gasteiger partial charge in [0.15, 0.2) is 5.82 Å². The smallest absolute Gasteiger partial charge is 0.229 e. The van der Waals surface area contributed by atoms with E-state index in [0.717, 1.165) is 24.4 Å². The molecule has 20 heavy (non-hydrogen) atoms. The molecule has 2 heterocycles. The molecular formula is C15H19N3O2. The van der Waals surface area contributed by atoms with E-state index in [0.29, 0.717) is 19.0 Å². The number of ether oxygens (including phenoxy) is 1. The van der Waals surface area contributed by atoms with E-state index in [1.54, 1.807) is 0 Å². The third-order valence-electron chi connectivity index (χ3n) is 3.72. The van der Waals surface area contributed by atoms with Crippen LogP contribution in [0.5, 0.6) is 5.75 Å². The van der Waals surface area contributed by atoms with Crippen LogP contribution in [0.15, 0.2) is 28.8 Å². The van der Waals surface area contributed by atoms with Gasteiger partial charge >= 0.3 is 0 Å². The van der Waals surface area contributed by atoms with Crippen LogP contribution in [0, 0.1) is 0 Å². The molecule has 0 amide bonds. The Labute approximate surface area is 118 Å². The molecule has 2 aromatic rings. The summed E-state index contributed by atoms with van der Waals surface area (Å²) in [6.07, 6.45) is 1.74. The van der Waals surface area contributed by atoms with E-state index in [1.807, 2.05) is 18.2 Å². The monoisotopic (exact) mass is 273 g/mol. The topological polar surface area (TPSA) is 74.2 Å². The number of rotatable bonds is 4. The Balaban J connectivity index is 1.75. The minimum absolute atomic E-state index is 0.160. The van der Waals surface area contributed by atoms with Gasteiger partial charge in [0, 0.05) is 5.92 Å². The van der Waals surface area contributed by atoms with E-state index in [-0.39, 0.29) is 11.8 Å². The summed E-state index contributed by atoms with van der Waals surface area (Å²) in [5.74, 6) is 2.73. The van der Waals surface area contributed by atoms with E-state index >= 15 is 0 Å². The summed E-state index contributed by atoms with van der Waals surface area (Å²) in [7, 11) is 0. The van der Waals surface area contributed by atoms with Crippen LogP contribution in [-0.4, -0.2) is 23.3 Å². The summed E-state index contributed by atoms with van der Waals surface area (Å²) in [5, 5.41) is 4.11. The molecule has 106 valence electrons. The molecule has 2 atom stereocenters. The van der Waals surface area contributed by atoms with Crippen molar-refractivity contribution in [3.63, 3.8) is 0 Å². The highest BCUT2D eigenvalue weighted by Crippen LogP contribution is 2.31. The molecule has 0 radical (unpaired) electrons. The van der Waals surface area contributed by atoms with Crippen LogP contribution in [0.3, 0.4) is 0 Å². The van der Waals surface area contributed by atoms with E-state index in [2.05, 4.69) is 23.1 Å². The summed E-state index contributed by atoms with van der Waals surface area (Å²) in [6.45, 7) is 3.27. The van der Waals surface area contributed by atoms with Crippen LogP contribution in [0.4, 0.5) is 0 Å². The van der Waals surface area contributed by atoms with Crippen LogP contribution in [0.1, 0.15) is 42.5 Å². The third-order valence-corrected chi connectivity index (χ3v) is 3.72. The fraction of sp³-hybridized carbons (Fsp3) is 0.467. The number of benzene rings is 1. The van der Waals surface area contributed by atoms with Crippen LogP contribution in [0.25, 0.3) is 0 Å². The van der Waals surface area contributed by atoms with Crippen molar-refractivity contribution in [2.75, 3.05) is 13.2 Å². The Morgan fingerprint density at radius 3 is 3.10 bits per heavy atom. The summed E-state index contributed by atoms with van der Waals surface area (Å²) in [4.78, 5) is 4.51. The molecule has 0 spiro atoms. The van der Waals surface area contributed by atoms with Gasteiger partial charge in [-0.2, -0.15) is 4.98 Å². The van der Waals surface area contributed by atoms with Crippen molar-refractivity contribution in [3.05, 3.63) is 41.5 Å². The number of para-hydroxylation sites is 1. The second-order valence-electron chi connectivity index (χ2n) is 5.29. The average Bonchev–Trinajstić information content (AvgIpc) is 2.97. The highest BCUT2D eigenvalue weighted by atomic mass is 16.5. The van der Waals surface area contributed by atoms with Crippen molar-refractivity contribution in [2.45, 2.75) is 31.6 Å². The Kier molecular flexibility index (Phi) is 3.69. The SMILES string of the molecule is CC(CCN)c1nc(C2COc3ccccc3C2)no1. The van der Waals surface area contributed by atoms with Gasteiger partial charge in [-0.15, -0.1) is 0 Å². The molecule has 5 heteroatoms. The zero-order valence-corrected chi connectivity index (χ0v) is 11.6. The first-order valence-corrected chi connectivity index (χ1v) is 7.02. The fourth-order valence-corrected chi connectivity index (χ4v) is 2.48. The molecule has 0 bridgehead atoms. The van der Waals surface area contributed by atoms with Gasteiger partial charge in [-0.1, -0.05) is 30.3 Å². The second-order valence-corrected chi connectivity index (χ2v) is 5.29. The summed E-state index contributed by atoms with van der Waals surface area (Å²) in [6, 6.07) is 8.09. The number of hydrogen-bond donors (Lipinski definition) is 1. The zero-order valence-electron chi connectivity index (χ0n) is 11.6. The van der Waals surface area contributed by atoms with Crippen LogP contribution < -0.4 is 10.5 Å². The van der Waals surface area contributed by atoms with Crippen molar-refractivity contribution < 1.29 is 9.26 Å². The van der Waals surface area contributed by atoms with Crippen molar-refractivity contribution in [1.82, 2.24) is 10.1 Å². The molecule has 0 saturated carbocycles. The molecule has 0 aliphatic carbocycles. The number of fused-ring (bicyclic) bond motifs is 1. The molecule has 5 nitrogen and oxygen atoms in total. The van der Waals surface area contributed by atoms with Gasteiger partial charge in [0.25, 0.3) is 0 Å². The quantitative estimate of drug-likeness (QED) is 0.924. The molecule has 0 saturated heterocycles. The van der Waals surface area contributed by atoms with Gasteiger partial charge in [-0.05, 0) is 31.0 Å². The standard InChI is InChI=1S/C15H19N3O2/c1-10(6-7-16)15-17-14(18-20-15)12-8-11-4-2-3-5-13(11)19-9-12/h2-5,10,12H,6-9,16H2,1H3. The summed E-state index contributed by atoms with van der Waals surface area (Å²) >= 11 is 0. The number of nitrogens with zero attached hydrogens (tertiary/aromatic N) is 2. The zero-order chi connectivity index (χ0) is 13.9. The average molecular weight is 273 g/mol. The maximum absolute atomic E-state index is 5.77. The van der Waals surface area contributed by atoms with Gasteiger partial charge in [-0.3, -0.25) is 0 Å². The largest absolute Gasteiger partial charge is 0.493 e. The highest BCUT2D eigenvalue weighted by molar-refractivity contribution is 5.36. The summed E-state index contributed by atoms with van der Waals surface area (Å²) in [5.41, 5.74) is 6.76. The predicted octanol–water partition coefficient (Wildman–Crippen LogP) is 2.24. The van der Waals surface area contributed by atoms with Crippen molar-refractivity contribution in [2.24, 2.45) is 5.73 Å². The van der Waals surface area contributed by atoms with E-state index in [9.17, 15) is 0 Å². The lowest BCUT2D eigenvalue weighted by atomic mass is 9.96. The summed E-state index contributed by atoms with van der Waals surface area (Å²) < 4.78 is 11.1. The number of aromatic nitrogens is 2. The lowest BCUT2D eigenvalue weighted by Gasteiger charge is -2.22. The molecule has 2 N–H and O–H groups in total. The minimum Gasteiger partial charge on any atom is -0.493 e. The maximum atomic E-state index is 5.77. The van der Waals surface area contributed by atoms with Gasteiger partial charge in [0.1, 0.15) is 5.75 Å². The van der Waals surface area contributed by atoms with Crippen LogP contribution in [-0.2, 0) is 6.42 Å². The van der Waals surface area contributed by atoms with Crippen molar-refractivity contribution in [1.29, 1.82) is 0 Å². The Morgan fingerprint density at radius 1 is 1.40 bits per heavy atom. The molecule has 0 fully saturated rings. The lowest BCUT2D eigenvalue weighted by molar-refractivity contribution is 0.253. The van der Waals surface area contributed by atoms with E-state index in [1.165, 1.54) is 5.56 Å². The van der Waals surface area contributed by atoms with Gasteiger partial charge in [0.2, 0.25) is 5.89 Å². The first kappa shape index (κ1) is 13.1. The number of hydrogen-bond acceptors (Lipinski definition) is 5. The van der Waals surface area contributed by atoms with Crippen LogP contribution in [0.2, 0.25) is 0 Å². The number of nitrogens with two attached hydrogens (primary N) is 1. The molecule has 3 rings (SSSR count). The molecule has 1 aliphatic rings.